The van der Waals surface area contributed by atoms with Gasteiger partial charge >= 0.3 is 12.1 Å². The highest BCUT2D eigenvalue weighted by Gasteiger charge is 2.39. The molecule has 2 amide bonds. The Morgan fingerprint density at radius 1 is 0.886 bits per heavy atom. The fraction of sp³-hybridized carbons (Fsp3) is 0.444. The average molecular weight is 479 g/mol. The van der Waals surface area contributed by atoms with E-state index in [1.54, 1.807) is 0 Å². The van der Waals surface area contributed by atoms with E-state index < -0.39 is 30.1 Å². The minimum Gasteiger partial charge on any atom is -0.479 e. The Morgan fingerprint density at radius 2 is 1.54 bits per heavy atom. The summed E-state index contributed by atoms with van der Waals surface area (Å²) in [5.74, 6) is -1.78. The Bertz CT molecular complexity index is 1070. The molecule has 1 heterocycles. The van der Waals surface area contributed by atoms with Crippen molar-refractivity contribution in [3.05, 3.63) is 59.7 Å². The third-order valence-corrected chi connectivity index (χ3v) is 7.41. The molecule has 184 valence electrons. The second kappa shape index (κ2) is 10.1. The van der Waals surface area contributed by atoms with Crippen LogP contribution < -0.4 is 10.6 Å². The molecule has 8 nitrogen and oxygen atoms in total. The van der Waals surface area contributed by atoms with Crippen molar-refractivity contribution in [2.75, 3.05) is 13.2 Å². The van der Waals surface area contributed by atoms with Crippen LogP contribution in [0.3, 0.4) is 0 Å². The molecule has 3 N–H and O–H groups in total. The number of fused-ring (bicyclic) bond motifs is 3. The third kappa shape index (κ3) is 4.75. The third-order valence-electron chi connectivity index (χ3n) is 7.41. The van der Waals surface area contributed by atoms with E-state index in [9.17, 15) is 19.5 Å². The number of benzene rings is 2. The highest BCUT2D eigenvalue weighted by Crippen LogP contribution is 2.44. The summed E-state index contributed by atoms with van der Waals surface area (Å²) in [5.41, 5.74) is 4.61. The van der Waals surface area contributed by atoms with Gasteiger partial charge in [-0.2, -0.15) is 0 Å². The predicted molar refractivity (Wildman–Crippen MR) is 128 cm³/mol. The van der Waals surface area contributed by atoms with Crippen molar-refractivity contribution in [3.63, 3.8) is 0 Å². The van der Waals surface area contributed by atoms with Crippen molar-refractivity contribution >= 4 is 18.0 Å². The number of hydrogen-bond donors (Lipinski definition) is 3. The first-order chi connectivity index (χ1) is 17.0. The van der Waals surface area contributed by atoms with Crippen molar-refractivity contribution in [3.8, 4) is 11.1 Å². The highest BCUT2D eigenvalue weighted by atomic mass is 16.5. The number of carboxylic acids is 1. The Hall–Kier alpha value is -3.39. The maximum absolute atomic E-state index is 13.0. The molecule has 1 saturated heterocycles. The number of alkyl carbamates (subject to hydrolysis) is 1. The maximum atomic E-state index is 13.0. The molecule has 0 unspecified atom stereocenters. The summed E-state index contributed by atoms with van der Waals surface area (Å²) in [6.07, 6.45) is 1.98. The van der Waals surface area contributed by atoms with Gasteiger partial charge in [0.15, 0.2) is 6.10 Å². The molecule has 0 radical (unpaired) electrons. The van der Waals surface area contributed by atoms with Crippen LogP contribution in [0.1, 0.15) is 49.1 Å². The van der Waals surface area contributed by atoms with E-state index in [-0.39, 0.29) is 24.5 Å². The van der Waals surface area contributed by atoms with Crippen LogP contribution in [0, 0.1) is 5.92 Å². The quantitative estimate of drug-likeness (QED) is 0.586. The van der Waals surface area contributed by atoms with Crippen LogP contribution in [-0.4, -0.2) is 54.5 Å². The first-order valence-corrected chi connectivity index (χ1v) is 12.3. The smallest absolute Gasteiger partial charge is 0.407 e. The maximum Gasteiger partial charge on any atom is 0.407 e. The van der Waals surface area contributed by atoms with Crippen LogP contribution in [0.25, 0.3) is 11.1 Å². The van der Waals surface area contributed by atoms with Gasteiger partial charge in [0.2, 0.25) is 5.91 Å². The standard InChI is InChI=1S/C27H30N2O6/c30-25(28-23-13-14-34-24(23)26(31)32)20-11-5-6-12-22(20)29-27(33)35-15-21-18-9-3-1-7-16(18)17-8-2-4-10-19(17)21/h1-4,7-10,20-24H,5-6,11-15H2,(H,28,30)(H,29,33)(H,31,32)/t20-,22+,23+,24-/m1/s1. The minimum atomic E-state index is -1.08. The van der Waals surface area contributed by atoms with Gasteiger partial charge in [-0.1, -0.05) is 61.4 Å². The lowest BCUT2D eigenvalue weighted by atomic mass is 9.83. The molecular weight excluding hydrogens is 448 g/mol. The zero-order valence-electron chi connectivity index (χ0n) is 19.4. The lowest BCUT2D eigenvalue weighted by molar-refractivity contribution is -0.148. The molecule has 1 aliphatic heterocycles. The molecule has 2 fully saturated rings. The first kappa shape index (κ1) is 23.4. The molecule has 35 heavy (non-hydrogen) atoms. The van der Waals surface area contributed by atoms with E-state index in [0.29, 0.717) is 25.9 Å². The predicted octanol–water partition coefficient (Wildman–Crippen LogP) is 3.44. The lowest BCUT2D eigenvalue weighted by Crippen LogP contribution is -2.52. The Balaban J connectivity index is 1.21. The van der Waals surface area contributed by atoms with E-state index in [0.717, 1.165) is 35.1 Å². The lowest BCUT2D eigenvalue weighted by Gasteiger charge is -2.32. The number of ether oxygens (including phenoxy) is 2. The van der Waals surface area contributed by atoms with Gasteiger partial charge in [0, 0.05) is 18.6 Å². The molecule has 8 heteroatoms. The Morgan fingerprint density at radius 3 is 2.23 bits per heavy atom. The summed E-state index contributed by atoms with van der Waals surface area (Å²) < 4.78 is 10.9. The van der Waals surface area contributed by atoms with Crippen LogP contribution in [0.2, 0.25) is 0 Å². The summed E-state index contributed by atoms with van der Waals surface area (Å²) in [4.78, 5) is 37.2. The SMILES string of the molecule is O=C(N[C@H]1CCCC[C@H]1C(=O)N[C@H]1CCO[C@H]1C(=O)O)OCC1c2ccccc2-c2ccccc21. The molecule has 4 atom stereocenters. The van der Waals surface area contributed by atoms with Crippen LogP contribution >= 0.6 is 0 Å². The van der Waals surface area contributed by atoms with Crippen molar-refractivity contribution in [2.45, 2.75) is 56.2 Å². The van der Waals surface area contributed by atoms with Crippen LogP contribution in [-0.2, 0) is 19.1 Å². The van der Waals surface area contributed by atoms with Crippen molar-refractivity contribution in [2.24, 2.45) is 5.92 Å². The number of carbonyl (C=O) groups is 3. The van der Waals surface area contributed by atoms with Gasteiger partial charge in [0.05, 0.1) is 12.0 Å². The van der Waals surface area contributed by atoms with Gasteiger partial charge in [0.25, 0.3) is 0 Å². The normalized spacial score (nSPS) is 25.4. The van der Waals surface area contributed by atoms with Crippen molar-refractivity contribution in [1.82, 2.24) is 10.6 Å². The van der Waals surface area contributed by atoms with E-state index >= 15 is 0 Å². The number of nitrogens with one attached hydrogen (secondary N) is 2. The number of hydrogen-bond acceptors (Lipinski definition) is 5. The largest absolute Gasteiger partial charge is 0.479 e. The van der Waals surface area contributed by atoms with Crippen molar-refractivity contribution < 1.29 is 29.0 Å². The molecule has 1 saturated carbocycles. The zero-order valence-corrected chi connectivity index (χ0v) is 19.4. The van der Waals surface area contributed by atoms with Gasteiger partial charge in [-0.05, 0) is 41.5 Å². The van der Waals surface area contributed by atoms with Crippen LogP contribution in [0.4, 0.5) is 4.79 Å². The second-order valence-corrected chi connectivity index (χ2v) is 9.50. The van der Waals surface area contributed by atoms with Gasteiger partial charge in [-0.15, -0.1) is 0 Å². The summed E-state index contributed by atoms with van der Waals surface area (Å²) in [6, 6.07) is 15.4. The fourth-order valence-electron chi connectivity index (χ4n) is 5.68. The molecule has 2 aromatic carbocycles. The van der Waals surface area contributed by atoms with Gasteiger partial charge in [0.1, 0.15) is 6.61 Å². The summed E-state index contributed by atoms with van der Waals surface area (Å²) in [7, 11) is 0. The monoisotopic (exact) mass is 478 g/mol. The number of amides is 2. The van der Waals surface area contributed by atoms with Crippen LogP contribution in [0.15, 0.2) is 48.5 Å². The molecule has 0 spiro atoms. The molecule has 0 bridgehead atoms. The number of carboxylic acid groups (broad SMARTS) is 1. The van der Waals surface area contributed by atoms with E-state index in [4.69, 9.17) is 9.47 Å². The second-order valence-electron chi connectivity index (χ2n) is 9.50. The molecule has 2 aliphatic carbocycles. The highest BCUT2D eigenvalue weighted by molar-refractivity contribution is 5.83. The number of aliphatic carboxylic acids is 1. The van der Waals surface area contributed by atoms with Crippen LogP contribution in [0.5, 0.6) is 0 Å². The molecule has 0 aromatic heterocycles. The molecular formula is C27H30N2O6. The van der Waals surface area contributed by atoms with Gasteiger partial charge < -0.3 is 25.2 Å². The van der Waals surface area contributed by atoms with Gasteiger partial charge in [-0.25, -0.2) is 9.59 Å². The summed E-state index contributed by atoms with van der Waals surface area (Å²) in [5, 5.41) is 15.1. The zero-order chi connectivity index (χ0) is 24.4. The minimum absolute atomic E-state index is 0.0334. The Kier molecular flexibility index (Phi) is 6.72. The average Bonchev–Trinajstić information content (AvgIpc) is 3.46. The van der Waals surface area contributed by atoms with Crippen molar-refractivity contribution in [1.29, 1.82) is 0 Å². The van der Waals surface area contributed by atoms with Gasteiger partial charge in [-0.3, -0.25) is 4.79 Å². The fourth-order valence-corrected chi connectivity index (χ4v) is 5.68. The topological polar surface area (TPSA) is 114 Å². The Labute approximate surface area is 204 Å². The number of carbonyl (C=O) groups excluding carboxylic acids is 2. The molecule has 5 rings (SSSR count). The molecule has 3 aliphatic rings. The summed E-state index contributed by atoms with van der Waals surface area (Å²) >= 11 is 0. The van der Waals surface area contributed by atoms with E-state index in [1.165, 1.54) is 0 Å². The molecule has 2 aromatic rings. The van der Waals surface area contributed by atoms with E-state index in [1.807, 2.05) is 24.3 Å². The summed E-state index contributed by atoms with van der Waals surface area (Å²) in [6.45, 7) is 0.511. The van der Waals surface area contributed by atoms with E-state index in [2.05, 4.69) is 34.9 Å². The first-order valence-electron chi connectivity index (χ1n) is 12.3. The number of rotatable bonds is 6.